The molecule has 176 valence electrons. The van der Waals surface area contributed by atoms with E-state index in [-0.39, 0.29) is 30.7 Å². The summed E-state index contributed by atoms with van der Waals surface area (Å²) >= 11 is 0. The lowest BCUT2D eigenvalue weighted by molar-refractivity contribution is -0.145. The standard InChI is InChI=1S/C26H31NO6/c1-14-17(8-9-21(28)27-10-6-7-16(12-27)24(29)30)25(31)33-23-15(2)22-19(11-18(14)23)20(13-32-22)26(3,4)5/h11,13,16H,6-10,12H2,1-5H3,(H,29,30)/t16-/m0/s1. The first kappa shape index (κ1) is 23.1. The highest BCUT2D eigenvalue weighted by atomic mass is 16.4. The third-order valence-corrected chi connectivity index (χ3v) is 6.86. The molecule has 3 heterocycles. The first-order chi connectivity index (χ1) is 15.5. The van der Waals surface area contributed by atoms with Gasteiger partial charge in [-0.1, -0.05) is 20.8 Å². The summed E-state index contributed by atoms with van der Waals surface area (Å²) < 4.78 is 11.6. The average molecular weight is 454 g/mol. The fourth-order valence-electron chi connectivity index (χ4n) is 4.86. The number of carboxylic acids is 1. The molecule has 1 aromatic carbocycles. The predicted molar refractivity (Wildman–Crippen MR) is 126 cm³/mol. The number of hydrogen-bond acceptors (Lipinski definition) is 5. The number of nitrogens with zero attached hydrogens (tertiary/aromatic N) is 1. The Bertz CT molecular complexity index is 1310. The first-order valence-corrected chi connectivity index (χ1v) is 11.5. The topological polar surface area (TPSA) is 101 Å². The number of amides is 1. The number of carboxylic acid groups (broad SMARTS) is 1. The molecule has 0 saturated carbocycles. The number of likely N-dealkylation sites (tertiary alicyclic amines) is 1. The van der Waals surface area contributed by atoms with Gasteiger partial charge in [0.1, 0.15) is 11.2 Å². The fourth-order valence-corrected chi connectivity index (χ4v) is 4.86. The van der Waals surface area contributed by atoms with Crippen LogP contribution in [-0.2, 0) is 21.4 Å². The zero-order valence-corrected chi connectivity index (χ0v) is 19.9. The number of rotatable bonds is 4. The minimum Gasteiger partial charge on any atom is -0.481 e. The number of carbonyl (C=O) groups is 2. The smallest absolute Gasteiger partial charge is 0.339 e. The Morgan fingerprint density at radius 3 is 2.55 bits per heavy atom. The van der Waals surface area contributed by atoms with E-state index in [4.69, 9.17) is 8.83 Å². The zero-order valence-electron chi connectivity index (χ0n) is 19.9. The van der Waals surface area contributed by atoms with Crippen LogP contribution in [-0.4, -0.2) is 35.0 Å². The lowest BCUT2D eigenvalue weighted by atomic mass is 9.86. The Morgan fingerprint density at radius 2 is 1.88 bits per heavy atom. The van der Waals surface area contributed by atoms with Gasteiger partial charge in [0.05, 0.1) is 12.2 Å². The van der Waals surface area contributed by atoms with Gasteiger partial charge >= 0.3 is 11.6 Å². The summed E-state index contributed by atoms with van der Waals surface area (Å²) in [6.07, 6.45) is 3.43. The van der Waals surface area contributed by atoms with Crippen LogP contribution in [0.1, 0.15) is 62.3 Å². The summed E-state index contributed by atoms with van der Waals surface area (Å²) in [5, 5.41) is 11.1. The van der Waals surface area contributed by atoms with E-state index in [2.05, 4.69) is 20.8 Å². The number of furan rings is 1. The maximum Gasteiger partial charge on any atom is 0.339 e. The number of aryl methyl sites for hydroxylation is 2. The fraction of sp³-hybridized carbons (Fsp3) is 0.500. The van der Waals surface area contributed by atoms with Crippen molar-refractivity contribution in [1.82, 2.24) is 4.90 Å². The Hall–Kier alpha value is -3.09. The maximum absolute atomic E-state index is 12.8. The van der Waals surface area contributed by atoms with Gasteiger partial charge in [-0.15, -0.1) is 0 Å². The minimum atomic E-state index is -0.867. The Kier molecular flexibility index (Phi) is 5.85. The van der Waals surface area contributed by atoms with Gasteiger partial charge in [-0.05, 0) is 50.2 Å². The van der Waals surface area contributed by atoms with Gasteiger partial charge in [-0.3, -0.25) is 9.59 Å². The van der Waals surface area contributed by atoms with Crippen LogP contribution in [0, 0.1) is 19.8 Å². The maximum atomic E-state index is 12.8. The third kappa shape index (κ3) is 4.16. The van der Waals surface area contributed by atoms with Crippen molar-refractivity contribution in [3.63, 3.8) is 0 Å². The Balaban J connectivity index is 1.67. The SMILES string of the molecule is Cc1c(CCC(=O)N2CCC[C@H](C(=O)O)C2)c(=O)oc2c(C)c3occ(C(C)(C)C)c3cc12. The highest BCUT2D eigenvalue weighted by Crippen LogP contribution is 2.37. The van der Waals surface area contributed by atoms with Crippen LogP contribution in [0.25, 0.3) is 21.9 Å². The zero-order chi connectivity index (χ0) is 24.1. The molecule has 0 spiro atoms. The van der Waals surface area contributed by atoms with Crippen LogP contribution >= 0.6 is 0 Å². The summed E-state index contributed by atoms with van der Waals surface area (Å²) in [6.45, 7) is 10.9. The molecule has 1 aliphatic heterocycles. The molecule has 0 bridgehead atoms. The van der Waals surface area contributed by atoms with E-state index in [1.165, 1.54) is 0 Å². The second-order valence-corrected chi connectivity index (χ2v) is 10.2. The van der Waals surface area contributed by atoms with Crippen LogP contribution in [0.2, 0.25) is 0 Å². The molecule has 33 heavy (non-hydrogen) atoms. The molecular formula is C26H31NO6. The highest BCUT2D eigenvalue weighted by molar-refractivity contribution is 6.00. The van der Waals surface area contributed by atoms with Gasteiger partial charge < -0.3 is 18.8 Å². The third-order valence-electron chi connectivity index (χ3n) is 6.86. The van der Waals surface area contributed by atoms with Crippen LogP contribution in [0.15, 0.2) is 26.0 Å². The lowest BCUT2D eigenvalue weighted by Gasteiger charge is -2.30. The molecule has 1 saturated heterocycles. The molecule has 1 N–H and O–H groups in total. The Labute approximate surface area is 192 Å². The van der Waals surface area contributed by atoms with Gasteiger partial charge in [-0.2, -0.15) is 0 Å². The van der Waals surface area contributed by atoms with E-state index >= 15 is 0 Å². The van der Waals surface area contributed by atoms with E-state index in [0.717, 1.165) is 33.0 Å². The largest absolute Gasteiger partial charge is 0.481 e. The van der Waals surface area contributed by atoms with E-state index in [9.17, 15) is 19.5 Å². The number of fused-ring (bicyclic) bond motifs is 2. The van der Waals surface area contributed by atoms with E-state index in [0.29, 0.717) is 30.5 Å². The molecule has 2 aromatic heterocycles. The van der Waals surface area contributed by atoms with Gasteiger partial charge in [0, 0.05) is 47.0 Å². The normalized spacial score (nSPS) is 17.1. The summed E-state index contributed by atoms with van der Waals surface area (Å²) in [6, 6.07) is 2.02. The molecule has 7 nitrogen and oxygen atoms in total. The predicted octanol–water partition coefficient (Wildman–Crippen LogP) is 4.71. The van der Waals surface area contributed by atoms with Crippen LogP contribution in [0.3, 0.4) is 0 Å². The average Bonchev–Trinajstić information content (AvgIpc) is 3.19. The van der Waals surface area contributed by atoms with Crippen molar-refractivity contribution in [3.05, 3.63) is 45.0 Å². The van der Waals surface area contributed by atoms with Gasteiger partial charge in [-0.25, -0.2) is 4.79 Å². The molecule has 3 aromatic rings. The van der Waals surface area contributed by atoms with Crippen LogP contribution in [0.5, 0.6) is 0 Å². The van der Waals surface area contributed by atoms with E-state index < -0.39 is 17.5 Å². The molecular weight excluding hydrogens is 422 g/mol. The number of aliphatic carboxylic acids is 1. The second-order valence-electron chi connectivity index (χ2n) is 10.2. The Morgan fingerprint density at radius 1 is 1.15 bits per heavy atom. The van der Waals surface area contributed by atoms with Crippen molar-refractivity contribution >= 4 is 33.8 Å². The first-order valence-electron chi connectivity index (χ1n) is 11.5. The van der Waals surface area contributed by atoms with Gasteiger partial charge in [0.25, 0.3) is 0 Å². The number of hydrogen-bond donors (Lipinski definition) is 1. The number of benzene rings is 1. The monoisotopic (exact) mass is 453 g/mol. The number of carbonyl (C=O) groups excluding carboxylic acids is 1. The molecule has 1 amide bonds. The summed E-state index contributed by atoms with van der Waals surface area (Å²) in [5.74, 6) is -1.52. The van der Waals surface area contributed by atoms with Crippen molar-refractivity contribution in [2.45, 2.75) is 65.7 Å². The van der Waals surface area contributed by atoms with Gasteiger partial charge in [0.15, 0.2) is 0 Å². The summed E-state index contributed by atoms with van der Waals surface area (Å²) in [5.41, 5.74) is 3.85. The minimum absolute atomic E-state index is 0.105. The van der Waals surface area contributed by atoms with Crippen LogP contribution in [0.4, 0.5) is 0 Å². The van der Waals surface area contributed by atoms with Crippen molar-refractivity contribution in [2.24, 2.45) is 5.92 Å². The molecule has 0 radical (unpaired) electrons. The van der Waals surface area contributed by atoms with Crippen LogP contribution < -0.4 is 5.63 Å². The number of piperidine rings is 1. The molecule has 4 rings (SSSR count). The molecule has 0 aliphatic carbocycles. The molecule has 1 fully saturated rings. The highest BCUT2D eigenvalue weighted by Gasteiger charge is 2.28. The van der Waals surface area contributed by atoms with Gasteiger partial charge in [0.2, 0.25) is 5.91 Å². The summed E-state index contributed by atoms with van der Waals surface area (Å²) in [7, 11) is 0. The molecule has 7 heteroatoms. The second kappa shape index (κ2) is 8.36. The van der Waals surface area contributed by atoms with E-state index in [1.54, 1.807) is 11.2 Å². The van der Waals surface area contributed by atoms with Crippen molar-refractivity contribution in [3.8, 4) is 0 Å². The summed E-state index contributed by atoms with van der Waals surface area (Å²) in [4.78, 5) is 38.5. The van der Waals surface area contributed by atoms with Crippen molar-refractivity contribution in [1.29, 1.82) is 0 Å². The van der Waals surface area contributed by atoms with Crippen molar-refractivity contribution in [2.75, 3.05) is 13.1 Å². The molecule has 1 aliphatic rings. The van der Waals surface area contributed by atoms with Crippen molar-refractivity contribution < 1.29 is 23.5 Å². The van der Waals surface area contributed by atoms with E-state index in [1.807, 2.05) is 19.9 Å². The molecule has 1 atom stereocenters. The molecule has 0 unspecified atom stereocenters. The quantitative estimate of drug-likeness (QED) is 0.574. The lowest BCUT2D eigenvalue weighted by Crippen LogP contribution is -2.42.